The average Bonchev–Trinajstić information content (AvgIpc) is 3.00. The van der Waals surface area contributed by atoms with Crippen molar-refractivity contribution < 1.29 is 19.4 Å². The van der Waals surface area contributed by atoms with Crippen molar-refractivity contribution in [3.05, 3.63) is 0 Å². The summed E-state index contributed by atoms with van der Waals surface area (Å²) in [5, 5.41) is 9.56. The Kier molecular flexibility index (Phi) is 36.0. The van der Waals surface area contributed by atoms with Crippen molar-refractivity contribution in [2.45, 2.75) is 219 Å². The van der Waals surface area contributed by atoms with Crippen LogP contribution in [0.3, 0.4) is 0 Å². The molecule has 42 heavy (non-hydrogen) atoms. The molecule has 0 radical (unpaired) electrons. The van der Waals surface area contributed by atoms with Crippen molar-refractivity contribution in [2.75, 3.05) is 19.8 Å². The Balaban J connectivity index is 3.37. The molecule has 252 valence electrons. The monoisotopic (exact) mass is 597 g/mol. The lowest BCUT2D eigenvalue weighted by atomic mass is 10.0. The standard InChI is InChI=1S/C38H76O4/c1-3-5-7-9-11-13-15-17-19-21-23-25-27-29-31-33-38(40)42-37(35-39)36-41-34-32-30-28-26-24-22-20-18-16-14-12-10-8-6-4-2/h37,39H,3-36H2,1-2H3. The maximum Gasteiger partial charge on any atom is 0.306 e. The van der Waals surface area contributed by atoms with Gasteiger partial charge in [0, 0.05) is 13.0 Å². The molecule has 0 saturated heterocycles. The van der Waals surface area contributed by atoms with E-state index < -0.39 is 6.10 Å². The summed E-state index contributed by atoms with van der Waals surface area (Å²) in [5.41, 5.74) is 0. The van der Waals surface area contributed by atoms with Crippen LogP contribution in [0.1, 0.15) is 213 Å². The fraction of sp³-hybridized carbons (Fsp3) is 0.974. The lowest BCUT2D eigenvalue weighted by Gasteiger charge is -2.16. The molecule has 0 fully saturated rings. The zero-order valence-electron chi connectivity index (χ0n) is 28.8. The van der Waals surface area contributed by atoms with Crippen molar-refractivity contribution in [1.82, 2.24) is 0 Å². The van der Waals surface area contributed by atoms with E-state index in [1.807, 2.05) is 0 Å². The average molecular weight is 597 g/mol. The second-order valence-corrected chi connectivity index (χ2v) is 13.0. The molecule has 0 bridgehead atoms. The predicted octanol–water partition coefficient (Wildman–Crippen LogP) is 12.0. The number of rotatable bonds is 36. The summed E-state index contributed by atoms with van der Waals surface area (Å²) in [5.74, 6) is -0.195. The van der Waals surface area contributed by atoms with Crippen LogP contribution in [0.15, 0.2) is 0 Å². The first-order valence-corrected chi connectivity index (χ1v) is 19.1. The van der Waals surface area contributed by atoms with Crippen molar-refractivity contribution in [2.24, 2.45) is 0 Å². The first kappa shape index (κ1) is 41.4. The molecule has 0 amide bonds. The fourth-order valence-electron chi connectivity index (χ4n) is 5.80. The van der Waals surface area contributed by atoms with Crippen LogP contribution >= 0.6 is 0 Å². The Bertz CT molecular complexity index is 509. The minimum atomic E-state index is -0.523. The van der Waals surface area contributed by atoms with Crippen LogP contribution in [0, 0.1) is 0 Å². The summed E-state index contributed by atoms with van der Waals surface area (Å²) in [6.07, 6.45) is 40.0. The van der Waals surface area contributed by atoms with Gasteiger partial charge in [-0.1, -0.05) is 194 Å². The van der Waals surface area contributed by atoms with Crippen LogP contribution in [0.2, 0.25) is 0 Å². The summed E-state index contributed by atoms with van der Waals surface area (Å²) < 4.78 is 11.1. The van der Waals surface area contributed by atoms with Gasteiger partial charge in [-0.05, 0) is 12.8 Å². The van der Waals surface area contributed by atoms with Gasteiger partial charge in [0.25, 0.3) is 0 Å². The number of hydrogen-bond acceptors (Lipinski definition) is 4. The fourth-order valence-corrected chi connectivity index (χ4v) is 5.80. The van der Waals surface area contributed by atoms with E-state index in [4.69, 9.17) is 9.47 Å². The van der Waals surface area contributed by atoms with E-state index in [0.717, 1.165) is 19.3 Å². The lowest BCUT2D eigenvalue weighted by molar-refractivity contribution is -0.154. The number of aliphatic hydroxyl groups excluding tert-OH is 1. The van der Waals surface area contributed by atoms with Crippen LogP contribution in [-0.2, 0) is 14.3 Å². The van der Waals surface area contributed by atoms with Crippen molar-refractivity contribution in [3.63, 3.8) is 0 Å². The van der Waals surface area contributed by atoms with Gasteiger partial charge in [-0.2, -0.15) is 0 Å². The maximum absolute atomic E-state index is 12.1. The summed E-state index contributed by atoms with van der Waals surface area (Å²) in [4.78, 5) is 12.1. The lowest BCUT2D eigenvalue weighted by Crippen LogP contribution is -2.27. The second kappa shape index (κ2) is 36.6. The topological polar surface area (TPSA) is 55.8 Å². The smallest absolute Gasteiger partial charge is 0.306 e. The zero-order valence-corrected chi connectivity index (χ0v) is 28.8. The minimum Gasteiger partial charge on any atom is -0.457 e. The first-order valence-electron chi connectivity index (χ1n) is 19.1. The molecular weight excluding hydrogens is 520 g/mol. The van der Waals surface area contributed by atoms with Gasteiger partial charge in [0.15, 0.2) is 0 Å². The summed E-state index contributed by atoms with van der Waals surface area (Å²) in [6.45, 7) is 5.39. The highest BCUT2D eigenvalue weighted by atomic mass is 16.6. The Morgan fingerprint density at radius 1 is 0.476 bits per heavy atom. The summed E-state index contributed by atoms with van der Waals surface area (Å²) in [6, 6.07) is 0. The third kappa shape index (κ3) is 33.9. The third-order valence-corrected chi connectivity index (χ3v) is 8.68. The molecule has 4 nitrogen and oxygen atoms in total. The Labute approximate surface area is 263 Å². The molecule has 1 unspecified atom stereocenters. The molecular formula is C38H76O4. The highest BCUT2D eigenvalue weighted by molar-refractivity contribution is 5.69. The Morgan fingerprint density at radius 3 is 1.12 bits per heavy atom. The van der Waals surface area contributed by atoms with E-state index in [0.29, 0.717) is 19.6 Å². The van der Waals surface area contributed by atoms with Crippen LogP contribution < -0.4 is 0 Å². The number of aliphatic hydroxyl groups is 1. The maximum atomic E-state index is 12.1. The summed E-state index contributed by atoms with van der Waals surface area (Å²) >= 11 is 0. The first-order chi connectivity index (χ1) is 20.7. The van der Waals surface area contributed by atoms with Gasteiger partial charge in [-0.3, -0.25) is 4.79 Å². The molecule has 1 atom stereocenters. The van der Waals surface area contributed by atoms with E-state index in [1.165, 1.54) is 173 Å². The molecule has 0 aromatic carbocycles. The van der Waals surface area contributed by atoms with Crippen molar-refractivity contribution in [1.29, 1.82) is 0 Å². The van der Waals surface area contributed by atoms with Gasteiger partial charge >= 0.3 is 5.97 Å². The highest BCUT2D eigenvalue weighted by Gasteiger charge is 2.13. The quantitative estimate of drug-likeness (QED) is 0.0577. The Hall–Kier alpha value is -0.610. The predicted molar refractivity (Wildman–Crippen MR) is 182 cm³/mol. The molecule has 0 saturated carbocycles. The normalized spacial score (nSPS) is 12.2. The minimum absolute atomic E-state index is 0.163. The summed E-state index contributed by atoms with van der Waals surface area (Å²) in [7, 11) is 0. The number of carbonyl (C=O) groups is 1. The van der Waals surface area contributed by atoms with Gasteiger partial charge in [-0.15, -0.1) is 0 Å². The molecule has 0 aromatic rings. The molecule has 0 aliphatic rings. The molecule has 0 spiro atoms. The van der Waals surface area contributed by atoms with E-state index >= 15 is 0 Å². The van der Waals surface area contributed by atoms with Crippen LogP contribution in [0.25, 0.3) is 0 Å². The van der Waals surface area contributed by atoms with Crippen LogP contribution in [0.5, 0.6) is 0 Å². The van der Waals surface area contributed by atoms with Gasteiger partial charge < -0.3 is 14.6 Å². The van der Waals surface area contributed by atoms with E-state index in [2.05, 4.69) is 13.8 Å². The number of hydrogen-bond donors (Lipinski definition) is 1. The van der Waals surface area contributed by atoms with Crippen molar-refractivity contribution in [3.8, 4) is 0 Å². The number of ether oxygens (including phenoxy) is 2. The van der Waals surface area contributed by atoms with Crippen LogP contribution in [-0.4, -0.2) is 37.0 Å². The van der Waals surface area contributed by atoms with Gasteiger partial charge in [-0.25, -0.2) is 0 Å². The third-order valence-electron chi connectivity index (χ3n) is 8.68. The molecule has 4 heteroatoms. The molecule has 0 rings (SSSR count). The Morgan fingerprint density at radius 2 is 0.786 bits per heavy atom. The zero-order chi connectivity index (χ0) is 30.6. The van der Waals surface area contributed by atoms with Crippen molar-refractivity contribution >= 4 is 5.97 Å². The number of esters is 1. The molecule has 1 N–H and O–H groups in total. The van der Waals surface area contributed by atoms with Gasteiger partial charge in [0.05, 0.1) is 13.2 Å². The SMILES string of the molecule is CCCCCCCCCCCCCCCCCOCC(CO)OC(=O)CCCCCCCCCCCCCCCCC. The van der Waals surface area contributed by atoms with Gasteiger partial charge in [0.2, 0.25) is 0 Å². The largest absolute Gasteiger partial charge is 0.457 e. The molecule has 0 aliphatic carbocycles. The molecule has 0 aliphatic heterocycles. The molecule has 0 aromatic heterocycles. The van der Waals surface area contributed by atoms with E-state index in [9.17, 15) is 9.90 Å². The second-order valence-electron chi connectivity index (χ2n) is 13.0. The van der Waals surface area contributed by atoms with Crippen LogP contribution in [0.4, 0.5) is 0 Å². The van der Waals surface area contributed by atoms with E-state index in [1.54, 1.807) is 0 Å². The van der Waals surface area contributed by atoms with E-state index in [-0.39, 0.29) is 12.6 Å². The molecule has 0 heterocycles. The number of unbranched alkanes of at least 4 members (excludes halogenated alkanes) is 28. The number of carbonyl (C=O) groups excluding carboxylic acids is 1. The van der Waals surface area contributed by atoms with Gasteiger partial charge in [0.1, 0.15) is 6.10 Å². The highest BCUT2D eigenvalue weighted by Crippen LogP contribution is 2.15.